The first kappa shape index (κ1) is 26.2. The van der Waals surface area contributed by atoms with Crippen LogP contribution in [0, 0.1) is 0 Å². The van der Waals surface area contributed by atoms with E-state index in [-0.39, 0.29) is 49.1 Å². The lowest BCUT2D eigenvalue weighted by molar-refractivity contribution is -0.189. The van der Waals surface area contributed by atoms with Gasteiger partial charge in [0, 0.05) is 20.0 Å². The van der Waals surface area contributed by atoms with Crippen molar-refractivity contribution >= 4 is 17.8 Å². The zero-order valence-corrected chi connectivity index (χ0v) is 22.1. The number of nitrogens with zero attached hydrogens (tertiary/aromatic N) is 4. The van der Waals surface area contributed by atoms with E-state index in [4.69, 9.17) is 0 Å². The number of likely N-dealkylation sites (N-methyl/N-ethyl adjacent to an activating group) is 1. The third-order valence-corrected chi connectivity index (χ3v) is 7.50. The number of carbonyl (C=O) groups is 3. The van der Waals surface area contributed by atoms with Crippen LogP contribution in [0.5, 0.6) is 5.75 Å². The largest absolute Gasteiger partial charge is 0.508 e. The lowest BCUT2D eigenvalue weighted by Gasteiger charge is -2.55. The summed E-state index contributed by atoms with van der Waals surface area (Å²) in [7, 11) is 1.72. The molecule has 3 aromatic carbocycles. The highest BCUT2D eigenvalue weighted by atomic mass is 16.3. The van der Waals surface area contributed by atoms with E-state index in [0.717, 1.165) is 16.7 Å². The Morgan fingerprint density at radius 3 is 2.26 bits per heavy atom. The Labute approximate surface area is 228 Å². The molecule has 5 rings (SSSR count). The molecule has 2 aliphatic heterocycles. The Morgan fingerprint density at radius 2 is 1.59 bits per heavy atom. The molecule has 2 N–H and O–H groups in total. The summed E-state index contributed by atoms with van der Waals surface area (Å²) >= 11 is 0. The summed E-state index contributed by atoms with van der Waals surface area (Å²) in [4.78, 5) is 44.4. The number of carbonyl (C=O) groups excluding carboxylic acids is 3. The normalized spacial score (nSPS) is 20.5. The van der Waals surface area contributed by atoms with Crippen molar-refractivity contribution in [2.75, 3.05) is 20.1 Å². The average Bonchev–Trinajstić information content (AvgIpc) is 2.95. The smallest absolute Gasteiger partial charge is 0.334 e. The van der Waals surface area contributed by atoms with Crippen LogP contribution in [0.15, 0.2) is 84.9 Å². The molecule has 39 heavy (non-hydrogen) atoms. The van der Waals surface area contributed by atoms with Crippen molar-refractivity contribution in [3.05, 3.63) is 102 Å². The number of hydrogen-bond donors (Lipinski definition) is 2. The van der Waals surface area contributed by atoms with Gasteiger partial charge in [-0.25, -0.2) is 14.8 Å². The first-order chi connectivity index (χ1) is 18.8. The van der Waals surface area contributed by atoms with E-state index < -0.39 is 12.2 Å². The van der Waals surface area contributed by atoms with Crippen LogP contribution >= 0.6 is 0 Å². The molecule has 9 heteroatoms. The molecule has 0 saturated carbocycles. The third-order valence-electron chi connectivity index (χ3n) is 7.50. The molecule has 0 radical (unpaired) electrons. The Kier molecular flexibility index (Phi) is 7.51. The molecule has 3 atom stereocenters. The molecule has 0 spiro atoms. The molecule has 0 aliphatic carbocycles. The van der Waals surface area contributed by atoms with Crippen molar-refractivity contribution in [3.8, 4) is 5.75 Å². The molecular weight excluding hydrogens is 494 g/mol. The monoisotopic (exact) mass is 527 g/mol. The molecule has 9 nitrogen and oxygen atoms in total. The van der Waals surface area contributed by atoms with E-state index in [9.17, 15) is 19.5 Å². The molecule has 2 saturated heterocycles. The van der Waals surface area contributed by atoms with E-state index in [0.29, 0.717) is 6.54 Å². The van der Waals surface area contributed by atoms with Crippen LogP contribution in [0.25, 0.3) is 0 Å². The van der Waals surface area contributed by atoms with Gasteiger partial charge in [-0.2, -0.15) is 0 Å². The number of aromatic hydroxyl groups is 1. The number of urea groups is 1. The number of phenolic OH excluding ortho intramolecular Hbond substituents is 1. The maximum absolute atomic E-state index is 14.0. The van der Waals surface area contributed by atoms with Gasteiger partial charge in [0.2, 0.25) is 11.8 Å². The minimum atomic E-state index is -0.801. The van der Waals surface area contributed by atoms with Crippen molar-refractivity contribution in [1.29, 1.82) is 0 Å². The van der Waals surface area contributed by atoms with Crippen LogP contribution in [0.1, 0.15) is 29.7 Å². The molecule has 2 aliphatic rings. The Bertz CT molecular complexity index is 1320. The number of fused-ring (bicyclic) bond motifs is 1. The van der Waals surface area contributed by atoms with Crippen LogP contribution in [0.2, 0.25) is 0 Å². The number of piperazine rings is 1. The summed E-state index contributed by atoms with van der Waals surface area (Å²) in [6.07, 6.45) is -0.416. The van der Waals surface area contributed by atoms with Gasteiger partial charge in [-0.05, 0) is 35.7 Å². The van der Waals surface area contributed by atoms with E-state index in [1.54, 1.807) is 51.1 Å². The molecular formula is C30H33N5O4. The summed E-state index contributed by atoms with van der Waals surface area (Å²) in [5.41, 5.74) is 2.74. The zero-order chi connectivity index (χ0) is 27.5. The van der Waals surface area contributed by atoms with Crippen LogP contribution in [-0.2, 0) is 22.6 Å². The molecule has 0 aromatic heterocycles. The number of benzene rings is 3. The summed E-state index contributed by atoms with van der Waals surface area (Å²) in [6.45, 7) is 2.46. The van der Waals surface area contributed by atoms with Crippen molar-refractivity contribution in [3.63, 3.8) is 0 Å². The second-order valence-electron chi connectivity index (χ2n) is 10.0. The van der Waals surface area contributed by atoms with Gasteiger partial charge in [0.15, 0.2) is 0 Å². The Hall–Kier alpha value is -4.37. The fourth-order valence-electron chi connectivity index (χ4n) is 5.43. The van der Waals surface area contributed by atoms with Crippen LogP contribution in [0.4, 0.5) is 4.79 Å². The van der Waals surface area contributed by atoms with Gasteiger partial charge in [0.25, 0.3) is 0 Å². The molecule has 1 unspecified atom stereocenters. The minimum absolute atomic E-state index is 0.0249. The number of hydrazine groups is 1. The second kappa shape index (κ2) is 11.2. The topological polar surface area (TPSA) is 96.4 Å². The summed E-state index contributed by atoms with van der Waals surface area (Å²) in [5, 5.41) is 15.9. The van der Waals surface area contributed by atoms with E-state index in [1.807, 2.05) is 67.6 Å². The highest BCUT2D eigenvalue weighted by molar-refractivity contribution is 5.92. The summed E-state index contributed by atoms with van der Waals surface area (Å²) in [5.74, 6) is -0.250. The Balaban J connectivity index is 1.48. The molecule has 2 heterocycles. The zero-order valence-electron chi connectivity index (χ0n) is 22.1. The molecule has 2 fully saturated rings. The standard InChI is InChI=1S/C30H33N5O4/c1-21(24-11-7-4-8-12-24)33-19-27-34(26(29(33)38)17-22-13-15-25(36)16-14-22)28(37)20-32(2)35(27)30(39)31-18-23-9-5-3-6-10-23/h3-16,21,26-27,36H,17-20H2,1-2H3,(H,31,39)/t21-,26+,27?/m1/s1. The van der Waals surface area contributed by atoms with Crippen LogP contribution in [0.3, 0.4) is 0 Å². The van der Waals surface area contributed by atoms with Gasteiger partial charge in [0.1, 0.15) is 18.0 Å². The number of rotatable bonds is 6. The van der Waals surface area contributed by atoms with Crippen molar-refractivity contribution in [2.45, 2.75) is 38.1 Å². The van der Waals surface area contributed by atoms with Gasteiger partial charge < -0.3 is 20.2 Å². The fraction of sp³-hybridized carbons (Fsp3) is 0.300. The molecule has 0 bridgehead atoms. The van der Waals surface area contributed by atoms with Gasteiger partial charge in [-0.3, -0.25) is 9.59 Å². The highest BCUT2D eigenvalue weighted by Gasteiger charge is 2.51. The highest BCUT2D eigenvalue weighted by Crippen LogP contribution is 2.32. The van der Waals surface area contributed by atoms with E-state index in [1.165, 1.54) is 0 Å². The number of phenols is 1. The van der Waals surface area contributed by atoms with Crippen molar-refractivity contribution in [2.24, 2.45) is 0 Å². The maximum Gasteiger partial charge on any atom is 0.334 e. The predicted octanol–water partition coefficient (Wildman–Crippen LogP) is 3.13. The number of hydrogen-bond acceptors (Lipinski definition) is 5. The first-order valence-corrected chi connectivity index (χ1v) is 13.1. The van der Waals surface area contributed by atoms with Gasteiger partial charge >= 0.3 is 6.03 Å². The molecule has 4 amide bonds. The van der Waals surface area contributed by atoms with Crippen molar-refractivity contribution in [1.82, 2.24) is 25.1 Å². The van der Waals surface area contributed by atoms with Gasteiger partial charge in [-0.1, -0.05) is 72.8 Å². The number of nitrogens with one attached hydrogen (secondary N) is 1. The molecule has 202 valence electrons. The maximum atomic E-state index is 14.0. The quantitative estimate of drug-likeness (QED) is 0.514. The summed E-state index contributed by atoms with van der Waals surface area (Å²) in [6, 6.07) is 24.6. The molecule has 3 aromatic rings. The lowest BCUT2D eigenvalue weighted by atomic mass is 9.96. The Morgan fingerprint density at radius 1 is 0.949 bits per heavy atom. The average molecular weight is 528 g/mol. The van der Waals surface area contributed by atoms with E-state index >= 15 is 0 Å². The second-order valence-corrected chi connectivity index (χ2v) is 10.0. The predicted molar refractivity (Wildman–Crippen MR) is 146 cm³/mol. The van der Waals surface area contributed by atoms with E-state index in [2.05, 4.69) is 5.32 Å². The SMILES string of the molecule is C[C@H](c1ccccc1)N1CC2N(C(=O)CN(C)N2C(=O)NCc2ccccc2)[C@@H](Cc2ccc(O)cc2)C1=O. The van der Waals surface area contributed by atoms with Gasteiger partial charge in [-0.15, -0.1) is 0 Å². The first-order valence-electron chi connectivity index (χ1n) is 13.1. The minimum Gasteiger partial charge on any atom is -0.508 e. The lowest BCUT2D eigenvalue weighted by Crippen LogP contribution is -2.76. The number of amides is 4. The van der Waals surface area contributed by atoms with Gasteiger partial charge in [0.05, 0.1) is 19.1 Å². The van der Waals surface area contributed by atoms with Crippen LogP contribution in [-0.4, -0.2) is 75.1 Å². The van der Waals surface area contributed by atoms with Crippen molar-refractivity contribution < 1.29 is 19.5 Å². The summed E-state index contributed by atoms with van der Waals surface area (Å²) < 4.78 is 0. The third kappa shape index (κ3) is 5.44. The fourth-order valence-corrected chi connectivity index (χ4v) is 5.43. The van der Waals surface area contributed by atoms with Crippen LogP contribution < -0.4 is 5.32 Å².